The highest BCUT2D eigenvalue weighted by molar-refractivity contribution is 6.39. The molecule has 0 aliphatic rings. The highest BCUT2D eigenvalue weighted by Gasteiger charge is 2.13. The van der Waals surface area contributed by atoms with Crippen LogP contribution in [-0.2, 0) is 0 Å². The molecule has 0 saturated heterocycles. The first-order chi connectivity index (χ1) is 8.24. The molecule has 0 saturated carbocycles. The molecule has 2 rings (SSSR count). The van der Waals surface area contributed by atoms with Crippen molar-refractivity contribution in [1.82, 2.24) is 0 Å². The standard InChI is InChI=1S/C13H7Cl2NO/c14-11-6-3-7-12(15)13(11)10-5-2-1-4-9(10)8-16-17/h1-7H. The molecular weight excluding hydrogens is 257 g/mol. The van der Waals surface area contributed by atoms with Crippen molar-refractivity contribution in [3.05, 3.63) is 68.3 Å². The van der Waals surface area contributed by atoms with Gasteiger partial charge in [-0.1, -0.05) is 47.5 Å². The second kappa shape index (κ2) is 5.09. The number of nitrogens with zero attached hydrogens (tertiary/aromatic N) is 1. The van der Waals surface area contributed by atoms with Gasteiger partial charge in [0.25, 0.3) is 0 Å². The molecule has 0 spiro atoms. The number of benzene rings is 2. The van der Waals surface area contributed by atoms with E-state index in [9.17, 15) is 5.21 Å². The first kappa shape index (κ1) is 11.8. The van der Waals surface area contributed by atoms with E-state index in [1.54, 1.807) is 30.3 Å². The summed E-state index contributed by atoms with van der Waals surface area (Å²) in [5.74, 6) is 0. The van der Waals surface area contributed by atoms with E-state index in [0.29, 0.717) is 21.2 Å². The Bertz CT molecular complexity index is 594. The maximum absolute atomic E-state index is 10.3. The summed E-state index contributed by atoms with van der Waals surface area (Å²) in [6.45, 7) is 0. The summed E-state index contributed by atoms with van der Waals surface area (Å²) in [7, 11) is 0. The van der Waals surface area contributed by atoms with Crippen LogP contribution in [0.25, 0.3) is 16.1 Å². The topological polar surface area (TPSA) is 27.4 Å². The quantitative estimate of drug-likeness (QED) is 0.677. The summed E-state index contributed by atoms with van der Waals surface area (Å²) in [5.41, 5.74) is 1.99. The van der Waals surface area contributed by atoms with Gasteiger partial charge in [-0.25, -0.2) is 0 Å². The highest BCUT2D eigenvalue weighted by Crippen LogP contribution is 2.36. The smallest absolute Gasteiger partial charge is 0.337 e. The van der Waals surface area contributed by atoms with Crippen LogP contribution < -0.4 is 0 Å². The number of hydrogen-bond acceptors (Lipinski definition) is 1. The third kappa shape index (κ3) is 2.36. The van der Waals surface area contributed by atoms with Crippen LogP contribution in [0, 0.1) is 11.3 Å². The molecule has 2 aromatic rings. The van der Waals surface area contributed by atoms with Crippen LogP contribution in [0.1, 0.15) is 5.56 Å². The van der Waals surface area contributed by atoms with Crippen LogP contribution in [-0.4, -0.2) is 0 Å². The lowest BCUT2D eigenvalue weighted by atomic mass is 10.0. The van der Waals surface area contributed by atoms with Gasteiger partial charge in [0.05, 0.1) is 0 Å². The molecule has 4 heteroatoms. The van der Waals surface area contributed by atoms with E-state index < -0.39 is 0 Å². The Balaban J connectivity index is 2.71. The Kier molecular flexibility index (Phi) is 3.53. The van der Waals surface area contributed by atoms with Gasteiger partial charge >= 0.3 is 6.07 Å². The van der Waals surface area contributed by atoms with E-state index in [2.05, 4.69) is 11.1 Å². The molecule has 0 aromatic heterocycles. The fourth-order valence-corrected chi connectivity index (χ4v) is 2.20. The second-order valence-corrected chi connectivity index (χ2v) is 4.16. The van der Waals surface area contributed by atoms with E-state index in [0.717, 1.165) is 5.56 Å². The number of halogens is 2. The van der Waals surface area contributed by atoms with Gasteiger partial charge in [0.1, 0.15) is 5.56 Å². The van der Waals surface area contributed by atoms with Gasteiger partial charge in [-0.05, 0) is 18.2 Å². The third-order valence-corrected chi connectivity index (χ3v) is 2.96. The van der Waals surface area contributed by atoms with Gasteiger partial charge in [-0.3, -0.25) is 0 Å². The van der Waals surface area contributed by atoms with Crippen LogP contribution in [0.5, 0.6) is 0 Å². The van der Waals surface area contributed by atoms with Crippen molar-refractivity contribution in [1.29, 1.82) is 0 Å². The molecular formula is C13H7Cl2NO. The fraction of sp³-hybridized carbons (Fsp3) is 0. The van der Waals surface area contributed by atoms with Crippen molar-refractivity contribution >= 4 is 23.2 Å². The lowest BCUT2D eigenvalue weighted by Gasteiger charge is -2.07. The van der Waals surface area contributed by atoms with Crippen LogP contribution in [0.15, 0.2) is 42.5 Å². The maximum Gasteiger partial charge on any atom is 0.337 e. The summed E-state index contributed by atoms with van der Waals surface area (Å²) >= 11 is 12.2. The van der Waals surface area contributed by atoms with E-state index in [1.807, 2.05) is 12.1 Å². The largest absolute Gasteiger partial charge is 0.498 e. The molecule has 0 unspecified atom stereocenters. The van der Waals surface area contributed by atoms with Gasteiger partial charge < -0.3 is 5.21 Å². The molecule has 0 heterocycles. The van der Waals surface area contributed by atoms with Crippen molar-refractivity contribution in [2.24, 2.45) is 0 Å². The van der Waals surface area contributed by atoms with E-state index in [1.165, 1.54) is 0 Å². The average molecular weight is 264 g/mol. The predicted octanol–water partition coefficient (Wildman–Crippen LogP) is 4.84. The minimum atomic E-state index is 0.526. The molecule has 0 radical (unpaired) electrons. The Morgan fingerprint density at radius 2 is 1.59 bits per heavy atom. The van der Waals surface area contributed by atoms with Crippen LogP contribution in [0.2, 0.25) is 10.0 Å². The van der Waals surface area contributed by atoms with Crippen molar-refractivity contribution in [2.45, 2.75) is 0 Å². The van der Waals surface area contributed by atoms with Crippen LogP contribution in [0.3, 0.4) is 0 Å². The summed E-state index contributed by atoms with van der Waals surface area (Å²) in [4.78, 5) is 0. The highest BCUT2D eigenvalue weighted by atomic mass is 35.5. The molecule has 0 amide bonds. The molecule has 2 aromatic carbocycles. The minimum absolute atomic E-state index is 0.526. The minimum Gasteiger partial charge on any atom is -0.498 e. The van der Waals surface area contributed by atoms with E-state index in [-0.39, 0.29) is 0 Å². The van der Waals surface area contributed by atoms with Crippen LogP contribution in [0.4, 0.5) is 0 Å². The Labute approximate surface area is 109 Å². The summed E-state index contributed by atoms with van der Waals surface area (Å²) in [6.07, 6.45) is 0. The van der Waals surface area contributed by atoms with Gasteiger partial charge in [-0.2, -0.15) is 0 Å². The van der Waals surface area contributed by atoms with Gasteiger partial charge in [-0.15, -0.1) is 0 Å². The lowest BCUT2D eigenvalue weighted by molar-refractivity contribution is 1.58. The van der Waals surface area contributed by atoms with Crippen LogP contribution >= 0.6 is 23.2 Å². The van der Waals surface area contributed by atoms with E-state index in [4.69, 9.17) is 23.2 Å². The Morgan fingerprint density at radius 3 is 2.24 bits per heavy atom. The summed E-state index contributed by atoms with van der Waals surface area (Å²) in [5, 5.41) is 14.0. The molecule has 0 N–H and O–H groups in total. The maximum atomic E-state index is 10.3. The average Bonchev–Trinajstić information content (AvgIpc) is 2.31. The molecule has 84 valence electrons. The Morgan fingerprint density at radius 1 is 0.941 bits per heavy atom. The predicted molar refractivity (Wildman–Crippen MR) is 71.6 cm³/mol. The molecule has 0 fully saturated rings. The number of hydrogen-bond donors (Lipinski definition) is 0. The van der Waals surface area contributed by atoms with Gasteiger partial charge in [0.15, 0.2) is 0 Å². The normalized spacial score (nSPS) is 9.53. The van der Waals surface area contributed by atoms with Crippen molar-refractivity contribution in [3.8, 4) is 17.2 Å². The molecule has 0 aliphatic heterocycles. The van der Waals surface area contributed by atoms with Gasteiger partial charge in [0.2, 0.25) is 0 Å². The monoisotopic (exact) mass is 263 g/mol. The van der Waals surface area contributed by atoms with Gasteiger partial charge in [0, 0.05) is 26.2 Å². The lowest BCUT2D eigenvalue weighted by Crippen LogP contribution is -1.86. The summed E-state index contributed by atoms with van der Waals surface area (Å²) < 4.78 is 0. The summed E-state index contributed by atoms with van der Waals surface area (Å²) in [6, 6.07) is 14.8. The molecule has 2 nitrogen and oxygen atoms in total. The molecule has 17 heavy (non-hydrogen) atoms. The zero-order valence-electron chi connectivity index (χ0n) is 8.65. The first-order valence-electron chi connectivity index (χ1n) is 4.86. The zero-order chi connectivity index (χ0) is 12.3. The fourth-order valence-electron chi connectivity index (χ4n) is 1.60. The molecule has 0 aliphatic carbocycles. The zero-order valence-corrected chi connectivity index (χ0v) is 10.2. The molecule has 0 atom stereocenters. The Hall–Kier alpha value is -1.69. The van der Waals surface area contributed by atoms with Crippen molar-refractivity contribution in [3.63, 3.8) is 0 Å². The second-order valence-electron chi connectivity index (χ2n) is 3.35. The van der Waals surface area contributed by atoms with Crippen molar-refractivity contribution in [2.75, 3.05) is 0 Å². The number of rotatable bonds is 1. The SMILES string of the molecule is [O-][N+]#Cc1ccccc1-c1c(Cl)cccc1Cl. The van der Waals surface area contributed by atoms with E-state index >= 15 is 0 Å². The third-order valence-electron chi connectivity index (χ3n) is 2.33. The van der Waals surface area contributed by atoms with Crippen molar-refractivity contribution < 1.29 is 0 Å². The first-order valence-corrected chi connectivity index (χ1v) is 5.61. The molecule has 0 bridgehead atoms.